The number of nitrogens with two attached hydrogens (primary N) is 1. The summed E-state index contributed by atoms with van der Waals surface area (Å²) in [5.74, 6) is -1.63. The zero-order valence-electron chi connectivity index (χ0n) is 26.9. The lowest BCUT2D eigenvalue weighted by molar-refractivity contribution is -0.0554. The number of hydrogen-bond acceptors (Lipinski definition) is 16. The Morgan fingerprint density at radius 2 is 1.63 bits per heavy atom. The first-order valence-corrected chi connectivity index (χ1v) is 18.9. The molecule has 4 N–H and O–H groups in total. The molecule has 52 heavy (non-hydrogen) atoms. The van der Waals surface area contributed by atoms with E-state index < -0.39 is 85.2 Å². The number of amides is 1. The van der Waals surface area contributed by atoms with E-state index in [1.165, 1.54) is 28.1 Å². The number of fused-ring (bicyclic) bond motifs is 5. The van der Waals surface area contributed by atoms with Gasteiger partial charge in [0.25, 0.3) is 16.0 Å². The van der Waals surface area contributed by atoms with E-state index in [2.05, 4.69) is 35.2 Å². The molecule has 8 rings (SSSR count). The first-order chi connectivity index (χ1) is 24.9. The van der Waals surface area contributed by atoms with Crippen molar-refractivity contribution in [1.82, 2.24) is 39.0 Å². The summed E-state index contributed by atoms with van der Waals surface area (Å²) in [6.45, 7) is 0.838. The fraction of sp³-hybridized carbons (Fsp3) is 0.414. The van der Waals surface area contributed by atoms with Crippen molar-refractivity contribution < 1.29 is 49.8 Å². The van der Waals surface area contributed by atoms with Crippen LogP contribution >= 0.6 is 7.82 Å². The van der Waals surface area contributed by atoms with Crippen LogP contribution in [-0.2, 0) is 37.4 Å². The lowest BCUT2D eigenvalue weighted by Crippen LogP contribution is -2.37. The Morgan fingerprint density at radius 3 is 2.40 bits per heavy atom. The standard InChI is InChI=1S/C29H30FN10O10PS/c1-14-16-7-8-52(44,45)50-22-17(48-28(18(22)30)39-12-36-19-23(31)32-10-34-25(19)39)9-46-51(42,43)49-21(14)29(47-16)40-13-37-20-24(33-11-35-26(20)40)38-27(41)15-5-3-2-4-6-15/h2-6,10-14,16-18,21-22,28-29H,7-9H2,1H3,(H,42,43)(H2,31,32,34)(H,33,35,38,41)/t14-,16?,17-,18-,21-,22-,28?,29-/m1/s1. The highest BCUT2D eigenvalue weighted by Gasteiger charge is 2.53. The summed E-state index contributed by atoms with van der Waals surface area (Å²) in [7, 11) is -9.44. The number of alkyl halides is 1. The van der Waals surface area contributed by atoms with Crippen LogP contribution in [0.4, 0.5) is 16.0 Å². The Balaban J connectivity index is 1.08. The summed E-state index contributed by atoms with van der Waals surface area (Å²) in [5.41, 5.74) is 6.85. The largest absolute Gasteiger partial charge is 0.472 e. The number of halogens is 1. The first kappa shape index (κ1) is 34.5. The minimum absolute atomic E-state index is 0.0241. The minimum atomic E-state index is -4.99. The molecule has 4 aromatic heterocycles. The van der Waals surface area contributed by atoms with Crippen LogP contribution in [0.5, 0.6) is 0 Å². The number of nitrogen functional groups attached to an aromatic ring is 1. The maximum absolute atomic E-state index is 16.1. The number of benzene rings is 1. The molecule has 1 aromatic carbocycles. The quantitative estimate of drug-likeness (QED) is 0.174. The van der Waals surface area contributed by atoms with Gasteiger partial charge in [-0.25, -0.2) is 38.9 Å². The number of ether oxygens (including phenoxy) is 2. The van der Waals surface area contributed by atoms with Crippen LogP contribution in [0, 0.1) is 5.92 Å². The molecule has 1 amide bonds. The summed E-state index contributed by atoms with van der Waals surface area (Å²) in [6, 6.07) is 8.44. The van der Waals surface area contributed by atoms with Gasteiger partial charge in [-0.15, -0.1) is 0 Å². The summed E-state index contributed by atoms with van der Waals surface area (Å²) in [4.78, 5) is 48.7. The van der Waals surface area contributed by atoms with Gasteiger partial charge in [0.2, 0.25) is 0 Å². The number of nitrogens with zero attached hydrogens (tertiary/aromatic N) is 8. The maximum atomic E-state index is 16.1. The topological polar surface area (TPSA) is 260 Å². The zero-order valence-corrected chi connectivity index (χ0v) is 28.7. The minimum Gasteiger partial charge on any atom is -0.382 e. The second kappa shape index (κ2) is 13.1. The normalized spacial score (nSPS) is 32.1. The molecular formula is C29H30FN10O10PS. The van der Waals surface area contributed by atoms with E-state index in [4.69, 9.17) is 28.4 Å². The second-order valence-electron chi connectivity index (χ2n) is 12.3. The molecule has 0 spiro atoms. The van der Waals surface area contributed by atoms with Crippen LogP contribution in [-0.4, -0.2) is 101 Å². The molecule has 9 atom stereocenters. The van der Waals surface area contributed by atoms with Crippen molar-refractivity contribution >= 4 is 57.8 Å². The number of rotatable bonds is 4. The smallest absolute Gasteiger partial charge is 0.382 e. The third kappa shape index (κ3) is 6.30. The van der Waals surface area contributed by atoms with Gasteiger partial charge in [-0.3, -0.25) is 27.2 Å². The molecule has 3 saturated heterocycles. The third-order valence-electron chi connectivity index (χ3n) is 9.10. The van der Waals surface area contributed by atoms with E-state index in [0.29, 0.717) is 5.56 Å². The predicted octanol–water partition coefficient (Wildman–Crippen LogP) is 1.89. The number of anilines is 2. The van der Waals surface area contributed by atoms with Crippen molar-refractivity contribution in [2.75, 3.05) is 23.4 Å². The van der Waals surface area contributed by atoms with E-state index >= 15 is 4.39 Å². The van der Waals surface area contributed by atoms with Crippen LogP contribution < -0.4 is 11.1 Å². The SMILES string of the molecule is C[C@@H]1C2CCS(=O)(=O)O[C@@H]3[C@@H](COP(=O)(O)O[C@H]1[C@H](n1cnc4c(NC(=O)c5ccccc5)ncnc41)O2)OC(n1cnc2c(N)ncnc21)[C@@H]3F. The van der Waals surface area contributed by atoms with E-state index in [1.807, 2.05) is 0 Å². The van der Waals surface area contributed by atoms with Crippen molar-refractivity contribution in [3.8, 4) is 0 Å². The average molecular weight is 761 g/mol. The van der Waals surface area contributed by atoms with Gasteiger partial charge in [-0.1, -0.05) is 25.1 Å². The lowest BCUT2D eigenvalue weighted by atomic mass is 9.99. The molecule has 23 heteroatoms. The number of hydrogen-bond donors (Lipinski definition) is 3. The van der Waals surface area contributed by atoms with Gasteiger partial charge >= 0.3 is 7.82 Å². The Hall–Kier alpha value is -4.54. The van der Waals surface area contributed by atoms with Gasteiger partial charge in [-0.2, -0.15) is 8.42 Å². The molecule has 0 radical (unpaired) electrons. The van der Waals surface area contributed by atoms with E-state index in [9.17, 15) is 22.7 Å². The monoisotopic (exact) mass is 760 g/mol. The molecule has 2 bridgehead atoms. The predicted molar refractivity (Wildman–Crippen MR) is 175 cm³/mol. The third-order valence-corrected chi connectivity index (χ3v) is 11.3. The number of imidazole rings is 2. The highest BCUT2D eigenvalue weighted by Crippen LogP contribution is 2.52. The van der Waals surface area contributed by atoms with E-state index in [1.54, 1.807) is 37.3 Å². The van der Waals surface area contributed by atoms with Crippen molar-refractivity contribution in [2.45, 2.75) is 56.4 Å². The van der Waals surface area contributed by atoms with Gasteiger partial charge in [-0.05, 0) is 18.6 Å². The Bertz CT molecular complexity index is 2320. The molecule has 20 nitrogen and oxygen atoms in total. The van der Waals surface area contributed by atoms with Gasteiger partial charge in [0.15, 0.2) is 47.1 Å². The fourth-order valence-corrected chi connectivity index (χ4v) is 8.69. The number of phosphoric acid groups is 1. The van der Waals surface area contributed by atoms with Gasteiger partial charge < -0.3 is 25.4 Å². The highest BCUT2D eigenvalue weighted by molar-refractivity contribution is 7.86. The second-order valence-corrected chi connectivity index (χ2v) is 15.5. The Labute approximate surface area is 293 Å². The average Bonchev–Trinajstić information content (AvgIpc) is 3.88. The maximum Gasteiger partial charge on any atom is 0.472 e. The van der Waals surface area contributed by atoms with E-state index in [-0.39, 0.29) is 40.4 Å². The summed E-state index contributed by atoms with van der Waals surface area (Å²) in [5, 5.41) is 2.70. The molecule has 0 aliphatic carbocycles. The molecule has 274 valence electrons. The lowest BCUT2D eigenvalue weighted by Gasteiger charge is -2.25. The van der Waals surface area contributed by atoms with Crippen LogP contribution in [0.3, 0.4) is 0 Å². The van der Waals surface area contributed by atoms with Crippen molar-refractivity contribution in [3.63, 3.8) is 0 Å². The first-order valence-electron chi connectivity index (χ1n) is 15.9. The van der Waals surface area contributed by atoms with Crippen LogP contribution in [0.1, 0.15) is 36.2 Å². The Morgan fingerprint density at radius 1 is 0.962 bits per heavy atom. The number of nitrogens with one attached hydrogen (secondary N) is 1. The van der Waals surface area contributed by atoms with Crippen molar-refractivity contribution in [1.29, 1.82) is 0 Å². The number of carbonyl (C=O) groups excluding carboxylic acids is 1. The number of carbonyl (C=O) groups is 1. The molecule has 0 saturated carbocycles. The number of aromatic nitrogens is 8. The number of phosphoric ester groups is 1. The highest BCUT2D eigenvalue weighted by atomic mass is 32.2. The summed E-state index contributed by atoms with van der Waals surface area (Å²) >= 11 is 0. The summed E-state index contributed by atoms with van der Waals surface area (Å²) < 4.78 is 87.3. The van der Waals surface area contributed by atoms with Crippen LogP contribution in [0.15, 0.2) is 55.6 Å². The zero-order chi connectivity index (χ0) is 36.4. The fourth-order valence-electron chi connectivity index (χ4n) is 6.51. The Kier molecular flexibility index (Phi) is 8.73. The van der Waals surface area contributed by atoms with Crippen molar-refractivity contribution in [2.24, 2.45) is 5.92 Å². The molecule has 3 aliphatic rings. The van der Waals surface area contributed by atoms with Crippen LogP contribution in [0.25, 0.3) is 22.3 Å². The van der Waals surface area contributed by atoms with Crippen LogP contribution in [0.2, 0.25) is 0 Å². The molecule has 7 heterocycles. The molecule has 3 aliphatic heterocycles. The van der Waals surface area contributed by atoms with Gasteiger partial charge in [0.1, 0.15) is 36.5 Å². The van der Waals surface area contributed by atoms with E-state index in [0.717, 1.165) is 6.33 Å². The molecule has 5 aromatic rings. The van der Waals surface area contributed by atoms with Gasteiger partial charge in [0.05, 0.1) is 31.1 Å². The van der Waals surface area contributed by atoms with Crippen molar-refractivity contribution in [3.05, 3.63) is 61.2 Å². The summed E-state index contributed by atoms with van der Waals surface area (Å²) in [6.07, 6.45) is -5.52. The molecule has 3 unspecified atom stereocenters. The molecule has 3 fully saturated rings. The van der Waals surface area contributed by atoms with Gasteiger partial charge in [0, 0.05) is 11.5 Å². The molecular weight excluding hydrogens is 730 g/mol.